The summed E-state index contributed by atoms with van der Waals surface area (Å²) >= 11 is 5.68. The maximum absolute atomic E-state index is 13.7. The summed E-state index contributed by atoms with van der Waals surface area (Å²) in [6.45, 7) is 0.121. The molecule has 78 valence electrons. The molecule has 4 nitrogen and oxygen atoms in total. The first-order chi connectivity index (χ1) is 7.22. The van der Waals surface area contributed by atoms with E-state index < -0.39 is 5.82 Å². The Morgan fingerprint density at radius 3 is 2.93 bits per heavy atom. The molecule has 0 aliphatic heterocycles. The fraction of sp³-hybridized carbons (Fsp3) is 0.111. The Hall–Kier alpha value is -1.46. The van der Waals surface area contributed by atoms with Crippen molar-refractivity contribution >= 4 is 11.6 Å². The van der Waals surface area contributed by atoms with E-state index in [1.165, 1.54) is 29.3 Å². The average molecular weight is 227 g/mol. The monoisotopic (exact) mass is 226 g/mol. The van der Waals surface area contributed by atoms with E-state index in [4.69, 9.17) is 17.3 Å². The van der Waals surface area contributed by atoms with E-state index in [0.29, 0.717) is 10.6 Å². The molecular weight excluding hydrogens is 219 g/mol. The third kappa shape index (κ3) is 1.84. The van der Waals surface area contributed by atoms with Gasteiger partial charge in [0.1, 0.15) is 0 Å². The smallest absolute Gasteiger partial charge is 0.190 e. The standard InChI is InChI=1S/C9H8ClFN4/c10-7-4-14-15(5-7)9-8(11)6(3-12)1-2-13-9/h1-2,4-5H,3,12H2. The van der Waals surface area contributed by atoms with Crippen LogP contribution in [0.3, 0.4) is 0 Å². The number of nitrogens with two attached hydrogens (primary N) is 1. The zero-order chi connectivity index (χ0) is 10.8. The normalized spacial score (nSPS) is 10.6. The fourth-order valence-electron chi connectivity index (χ4n) is 1.21. The van der Waals surface area contributed by atoms with Gasteiger partial charge in [-0.2, -0.15) is 5.10 Å². The second-order valence-electron chi connectivity index (χ2n) is 2.91. The van der Waals surface area contributed by atoms with Crippen molar-refractivity contribution < 1.29 is 4.39 Å². The highest BCUT2D eigenvalue weighted by molar-refractivity contribution is 6.30. The molecule has 0 aliphatic rings. The van der Waals surface area contributed by atoms with Gasteiger partial charge < -0.3 is 5.73 Å². The minimum atomic E-state index is -0.472. The summed E-state index contributed by atoms with van der Waals surface area (Å²) < 4.78 is 15.0. The van der Waals surface area contributed by atoms with Crippen LogP contribution in [0.15, 0.2) is 24.7 Å². The third-order valence-corrected chi connectivity index (χ3v) is 2.13. The van der Waals surface area contributed by atoms with Crippen LogP contribution in [0, 0.1) is 5.82 Å². The van der Waals surface area contributed by atoms with Crippen LogP contribution < -0.4 is 5.73 Å². The van der Waals surface area contributed by atoms with Crippen molar-refractivity contribution in [2.45, 2.75) is 6.54 Å². The molecule has 0 saturated heterocycles. The van der Waals surface area contributed by atoms with Crippen LogP contribution in [0.2, 0.25) is 5.02 Å². The average Bonchev–Trinajstić information content (AvgIpc) is 2.65. The first-order valence-electron chi connectivity index (χ1n) is 4.26. The van der Waals surface area contributed by atoms with Gasteiger partial charge in [0.15, 0.2) is 11.6 Å². The Balaban J connectivity index is 2.53. The van der Waals surface area contributed by atoms with Crippen molar-refractivity contribution in [1.29, 1.82) is 0 Å². The molecule has 0 radical (unpaired) electrons. The number of aromatic nitrogens is 3. The van der Waals surface area contributed by atoms with E-state index in [1.54, 1.807) is 0 Å². The van der Waals surface area contributed by atoms with Gasteiger partial charge in [-0.05, 0) is 6.07 Å². The Kier molecular flexibility index (Phi) is 2.66. The van der Waals surface area contributed by atoms with Crippen LogP contribution in [-0.2, 0) is 6.54 Å². The second-order valence-corrected chi connectivity index (χ2v) is 3.35. The molecule has 0 unspecified atom stereocenters. The molecule has 0 saturated carbocycles. The van der Waals surface area contributed by atoms with Gasteiger partial charge in [0.05, 0.1) is 17.4 Å². The van der Waals surface area contributed by atoms with E-state index >= 15 is 0 Å². The molecule has 2 N–H and O–H groups in total. The zero-order valence-electron chi connectivity index (χ0n) is 7.69. The first kappa shape index (κ1) is 10.1. The van der Waals surface area contributed by atoms with Gasteiger partial charge in [-0.3, -0.25) is 0 Å². The predicted octanol–water partition coefficient (Wildman–Crippen LogP) is 1.52. The molecule has 2 aromatic heterocycles. The Bertz CT molecular complexity index is 483. The van der Waals surface area contributed by atoms with Crippen LogP contribution in [0.25, 0.3) is 5.82 Å². The molecular formula is C9H8ClFN4. The highest BCUT2D eigenvalue weighted by Crippen LogP contribution is 2.15. The van der Waals surface area contributed by atoms with Crippen LogP contribution in [0.1, 0.15) is 5.56 Å². The van der Waals surface area contributed by atoms with Crippen molar-refractivity contribution in [2.75, 3.05) is 0 Å². The first-order valence-corrected chi connectivity index (χ1v) is 4.64. The molecule has 2 aromatic rings. The topological polar surface area (TPSA) is 56.7 Å². The molecule has 2 heterocycles. The molecule has 0 spiro atoms. The maximum Gasteiger partial charge on any atom is 0.190 e. The van der Waals surface area contributed by atoms with Crippen molar-refractivity contribution in [1.82, 2.24) is 14.8 Å². The highest BCUT2D eigenvalue weighted by atomic mass is 35.5. The summed E-state index contributed by atoms with van der Waals surface area (Å²) in [4.78, 5) is 3.88. The largest absolute Gasteiger partial charge is 0.326 e. The number of hydrogen-bond acceptors (Lipinski definition) is 3. The molecule has 0 amide bonds. The van der Waals surface area contributed by atoms with E-state index in [1.807, 2.05) is 0 Å². The van der Waals surface area contributed by atoms with Gasteiger partial charge in [-0.1, -0.05) is 11.6 Å². The van der Waals surface area contributed by atoms with Crippen LogP contribution in [0.4, 0.5) is 4.39 Å². The fourth-order valence-corrected chi connectivity index (χ4v) is 1.34. The number of nitrogens with zero attached hydrogens (tertiary/aromatic N) is 3. The van der Waals surface area contributed by atoms with Crippen LogP contribution in [-0.4, -0.2) is 14.8 Å². The lowest BCUT2D eigenvalue weighted by molar-refractivity contribution is 0.585. The number of hydrogen-bond donors (Lipinski definition) is 1. The Morgan fingerprint density at radius 1 is 1.53 bits per heavy atom. The van der Waals surface area contributed by atoms with E-state index in [-0.39, 0.29) is 12.4 Å². The summed E-state index contributed by atoms with van der Waals surface area (Å²) in [6, 6.07) is 1.53. The summed E-state index contributed by atoms with van der Waals surface area (Å²) in [6.07, 6.45) is 4.38. The van der Waals surface area contributed by atoms with Gasteiger partial charge in [0, 0.05) is 18.3 Å². The molecule has 0 aliphatic carbocycles. The van der Waals surface area contributed by atoms with Crippen LogP contribution >= 0.6 is 11.6 Å². The molecule has 0 atom stereocenters. The van der Waals surface area contributed by atoms with E-state index in [2.05, 4.69) is 10.1 Å². The second kappa shape index (κ2) is 3.96. The van der Waals surface area contributed by atoms with Gasteiger partial charge >= 0.3 is 0 Å². The molecule has 2 rings (SSSR count). The highest BCUT2D eigenvalue weighted by Gasteiger charge is 2.10. The molecule has 0 bridgehead atoms. The Morgan fingerprint density at radius 2 is 2.33 bits per heavy atom. The number of halogens is 2. The molecule has 0 fully saturated rings. The van der Waals surface area contributed by atoms with E-state index in [0.717, 1.165) is 0 Å². The third-order valence-electron chi connectivity index (χ3n) is 1.94. The minimum absolute atomic E-state index is 0.102. The Labute approximate surface area is 90.5 Å². The maximum atomic E-state index is 13.7. The van der Waals surface area contributed by atoms with Crippen LogP contribution in [0.5, 0.6) is 0 Å². The van der Waals surface area contributed by atoms with Gasteiger partial charge in [0.2, 0.25) is 0 Å². The van der Waals surface area contributed by atoms with Crippen molar-refractivity contribution in [3.63, 3.8) is 0 Å². The van der Waals surface area contributed by atoms with Crippen molar-refractivity contribution in [2.24, 2.45) is 5.73 Å². The van der Waals surface area contributed by atoms with Crippen molar-refractivity contribution in [3.8, 4) is 5.82 Å². The van der Waals surface area contributed by atoms with E-state index in [9.17, 15) is 4.39 Å². The summed E-state index contributed by atoms with van der Waals surface area (Å²) in [7, 11) is 0. The van der Waals surface area contributed by atoms with Gasteiger partial charge in [-0.25, -0.2) is 14.1 Å². The molecule has 15 heavy (non-hydrogen) atoms. The number of rotatable bonds is 2. The lowest BCUT2D eigenvalue weighted by Gasteiger charge is -2.04. The summed E-state index contributed by atoms with van der Waals surface area (Å²) in [5.74, 6) is -0.371. The lowest BCUT2D eigenvalue weighted by atomic mass is 10.2. The summed E-state index contributed by atoms with van der Waals surface area (Å²) in [5, 5.41) is 4.29. The molecule has 0 aromatic carbocycles. The van der Waals surface area contributed by atoms with Crippen molar-refractivity contribution in [3.05, 3.63) is 41.1 Å². The summed E-state index contributed by atoms with van der Waals surface area (Å²) in [5.41, 5.74) is 5.77. The minimum Gasteiger partial charge on any atom is -0.326 e. The predicted molar refractivity (Wildman–Crippen MR) is 54.2 cm³/mol. The molecule has 6 heteroatoms. The SMILES string of the molecule is NCc1ccnc(-n2cc(Cl)cn2)c1F. The van der Waals surface area contributed by atoms with Gasteiger partial charge in [-0.15, -0.1) is 0 Å². The lowest BCUT2D eigenvalue weighted by Crippen LogP contribution is -2.07. The van der Waals surface area contributed by atoms with Gasteiger partial charge in [0.25, 0.3) is 0 Å². The quantitative estimate of drug-likeness (QED) is 0.845. The zero-order valence-corrected chi connectivity index (χ0v) is 8.45. The number of pyridine rings is 1.